The Morgan fingerprint density at radius 3 is 2.60 bits per heavy atom. The first kappa shape index (κ1) is 13.7. The van der Waals surface area contributed by atoms with E-state index >= 15 is 0 Å². The highest BCUT2D eigenvalue weighted by Crippen LogP contribution is 2.31. The van der Waals surface area contributed by atoms with Crippen LogP contribution >= 0.6 is 22.9 Å². The average molecular weight is 310 g/mol. The van der Waals surface area contributed by atoms with Crippen molar-refractivity contribution >= 4 is 33.8 Å². The summed E-state index contributed by atoms with van der Waals surface area (Å²) in [6.07, 6.45) is 1.84. The standard InChI is InChI=1S/C14H16ClN3OS/c15-12-3-1-2-11(10-19)13(12)17-5-7-18(8-6-17)14-16-4-9-20-14/h1-4,9,19H,5-8,10H2. The van der Waals surface area contributed by atoms with Crippen LogP contribution < -0.4 is 9.80 Å². The van der Waals surface area contributed by atoms with Crippen LogP contribution in [0.5, 0.6) is 0 Å². The third-order valence-electron chi connectivity index (χ3n) is 3.53. The molecule has 0 saturated carbocycles. The molecule has 106 valence electrons. The maximum absolute atomic E-state index is 9.47. The van der Waals surface area contributed by atoms with Crippen LogP contribution in [0.25, 0.3) is 0 Å². The summed E-state index contributed by atoms with van der Waals surface area (Å²) < 4.78 is 0. The fraction of sp³-hybridized carbons (Fsp3) is 0.357. The Hall–Kier alpha value is -1.30. The van der Waals surface area contributed by atoms with Crippen LogP contribution in [0.2, 0.25) is 5.02 Å². The van der Waals surface area contributed by atoms with Crippen molar-refractivity contribution in [2.24, 2.45) is 0 Å². The lowest BCUT2D eigenvalue weighted by Gasteiger charge is -2.37. The molecule has 2 heterocycles. The molecule has 0 bridgehead atoms. The molecule has 1 fully saturated rings. The monoisotopic (exact) mass is 309 g/mol. The molecule has 0 aliphatic carbocycles. The van der Waals surface area contributed by atoms with Gasteiger partial charge in [0, 0.05) is 43.3 Å². The van der Waals surface area contributed by atoms with Crippen molar-refractivity contribution < 1.29 is 5.11 Å². The van der Waals surface area contributed by atoms with Gasteiger partial charge in [0.15, 0.2) is 5.13 Å². The van der Waals surface area contributed by atoms with Gasteiger partial charge in [0.1, 0.15) is 0 Å². The first-order valence-corrected chi connectivity index (χ1v) is 7.83. The molecule has 0 unspecified atom stereocenters. The zero-order valence-electron chi connectivity index (χ0n) is 11.0. The third kappa shape index (κ3) is 2.61. The molecule has 0 amide bonds. The van der Waals surface area contributed by atoms with E-state index in [-0.39, 0.29) is 6.61 Å². The van der Waals surface area contributed by atoms with E-state index < -0.39 is 0 Å². The highest BCUT2D eigenvalue weighted by molar-refractivity contribution is 7.13. The minimum atomic E-state index is 0.0165. The number of piperazine rings is 1. The van der Waals surface area contributed by atoms with Gasteiger partial charge in [-0.15, -0.1) is 11.3 Å². The van der Waals surface area contributed by atoms with Crippen LogP contribution in [-0.2, 0) is 6.61 Å². The fourth-order valence-corrected chi connectivity index (χ4v) is 3.55. The molecule has 2 aromatic rings. The van der Waals surface area contributed by atoms with Crippen molar-refractivity contribution in [2.75, 3.05) is 36.0 Å². The Bertz CT molecular complexity index is 568. The molecule has 4 nitrogen and oxygen atoms in total. The molecule has 1 aliphatic rings. The molecule has 0 radical (unpaired) electrons. The van der Waals surface area contributed by atoms with Gasteiger partial charge in [-0.05, 0) is 6.07 Å². The number of para-hydroxylation sites is 1. The second-order valence-corrected chi connectivity index (χ2v) is 5.97. The van der Waals surface area contributed by atoms with Gasteiger partial charge in [-0.3, -0.25) is 0 Å². The van der Waals surface area contributed by atoms with Crippen LogP contribution in [0.3, 0.4) is 0 Å². The topological polar surface area (TPSA) is 39.6 Å². The van der Waals surface area contributed by atoms with E-state index in [1.807, 2.05) is 29.8 Å². The lowest BCUT2D eigenvalue weighted by atomic mass is 10.1. The van der Waals surface area contributed by atoms with Gasteiger partial charge in [0.2, 0.25) is 0 Å². The highest BCUT2D eigenvalue weighted by atomic mass is 35.5. The van der Waals surface area contributed by atoms with Crippen molar-refractivity contribution in [3.8, 4) is 0 Å². The Morgan fingerprint density at radius 1 is 1.20 bits per heavy atom. The fourth-order valence-electron chi connectivity index (χ4n) is 2.54. The predicted molar refractivity (Wildman–Crippen MR) is 83.9 cm³/mol. The second-order valence-electron chi connectivity index (χ2n) is 4.69. The second kappa shape index (κ2) is 5.99. The number of nitrogens with zero attached hydrogens (tertiary/aromatic N) is 3. The van der Waals surface area contributed by atoms with Gasteiger partial charge in [-0.2, -0.15) is 0 Å². The van der Waals surface area contributed by atoms with Gasteiger partial charge in [0.25, 0.3) is 0 Å². The predicted octanol–water partition coefficient (Wildman–Crippen LogP) is 2.62. The lowest BCUT2D eigenvalue weighted by molar-refractivity contribution is 0.282. The van der Waals surface area contributed by atoms with Gasteiger partial charge in [-0.1, -0.05) is 23.7 Å². The number of aromatic nitrogens is 1. The summed E-state index contributed by atoms with van der Waals surface area (Å²) >= 11 is 7.97. The first-order valence-electron chi connectivity index (χ1n) is 6.57. The minimum absolute atomic E-state index is 0.0165. The van der Waals surface area contributed by atoms with Crippen molar-refractivity contribution in [3.05, 3.63) is 40.4 Å². The van der Waals surface area contributed by atoms with E-state index in [1.54, 1.807) is 11.3 Å². The van der Waals surface area contributed by atoms with E-state index in [2.05, 4.69) is 14.8 Å². The number of aliphatic hydroxyl groups excluding tert-OH is 1. The third-order valence-corrected chi connectivity index (χ3v) is 4.66. The summed E-state index contributed by atoms with van der Waals surface area (Å²) in [6, 6.07) is 5.68. The summed E-state index contributed by atoms with van der Waals surface area (Å²) in [5.41, 5.74) is 1.86. The Morgan fingerprint density at radius 2 is 1.95 bits per heavy atom. The van der Waals surface area contributed by atoms with E-state index in [1.165, 1.54) is 0 Å². The number of hydrogen-bond acceptors (Lipinski definition) is 5. The minimum Gasteiger partial charge on any atom is -0.392 e. The van der Waals surface area contributed by atoms with Gasteiger partial charge < -0.3 is 14.9 Å². The van der Waals surface area contributed by atoms with Gasteiger partial charge in [-0.25, -0.2) is 4.98 Å². The molecule has 0 spiro atoms. The van der Waals surface area contributed by atoms with Crippen molar-refractivity contribution in [1.29, 1.82) is 0 Å². The van der Waals surface area contributed by atoms with Crippen LogP contribution in [0.4, 0.5) is 10.8 Å². The number of rotatable bonds is 3. The normalized spacial score (nSPS) is 15.7. The van der Waals surface area contributed by atoms with Gasteiger partial charge in [0.05, 0.1) is 17.3 Å². The molecule has 3 rings (SSSR count). The quantitative estimate of drug-likeness (QED) is 0.946. The van der Waals surface area contributed by atoms with Crippen LogP contribution in [0.15, 0.2) is 29.8 Å². The molecule has 6 heteroatoms. The SMILES string of the molecule is OCc1cccc(Cl)c1N1CCN(c2nccs2)CC1. The maximum atomic E-state index is 9.47. The highest BCUT2D eigenvalue weighted by Gasteiger charge is 2.22. The maximum Gasteiger partial charge on any atom is 0.185 e. The molecule has 1 N–H and O–H groups in total. The van der Waals surface area contributed by atoms with Crippen molar-refractivity contribution in [2.45, 2.75) is 6.61 Å². The zero-order chi connectivity index (χ0) is 13.9. The van der Waals surface area contributed by atoms with E-state index in [0.29, 0.717) is 5.02 Å². The molecule has 1 aromatic carbocycles. The van der Waals surface area contributed by atoms with E-state index in [9.17, 15) is 5.11 Å². The zero-order valence-corrected chi connectivity index (χ0v) is 12.6. The number of anilines is 2. The molecular weight excluding hydrogens is 294 g/mol. The number of benzene rings is 1. The lowest BCUT2D eigenvalue weighted by Crippen LogP contribution is -2.46. The Kier molecular flexibility index (Phi) is 4.10. The van der Waals surface area contributed by atoms with Crippen LogP contribution in [-0.4, -0.2) is 36.3 Å². The summed E-state index contributed by atoms with van der Waals surface area (Å²) in [5, 5.41) is 13.3. The number of thiazole rings is 1. The molecule has 1 saturated heterocycles. The van der Waals surface area contributed by atoms with Crippen LogP contribution in [0.1, 0.15) is 5.56 Å². The van der Waals surface area contributed by atoms with E-state index in [0.717, 1.165) is 42.6 Å². The summed E-state index contributed by atoms with van der Waals surface area (Å²) in [7, 11) is 0. The van der Waals surface area contributed by atoms with E-state index in [4.69, 9.17) is 11.6 Å². The number of hydrogen-bond donors (Lipinski definition) is 1. The molecule has 20 heavy (non-hydrogen) atoms. The average Bonchev–Trinajstić information content (AvgIpc) is 3.01. The Labute approximate surface area is 127 Å². The van der Waals surface area contributed by atoms with Crippen LogP contribution in [0, 0.1) is 0 Å². The molecule has 1 aliphatic heterocycles. The number of halogens is 1. The Balaban J connectivity index is 1.75. The number of aliphatic hydroxyl groups is 1. The summed E-state index contributed by atoms with van der Waals surface area (Å²) in [4.78, 5) is 8.89. The van der Waals surface area contributed by atoms with Gasteiger partial charge >= 0.3 is 0 Å². The summed E-state index contributed by atoms with van der Waals surface area (Å²) in [6.45, 7) is 3.63. The van der Waals surface area contributed by atoms with Crippen molar-refractivity contribution in [3.63, 3.8) is 0 Å². The first-order chi connectivity index (χ1) is 9.79. The smallest absolute Gasteiger partial charge is 0.185 e. The largest absolute Gasteiger partial charge is 0.392 e. The molecular formula is C14H16ClN3OS. The molecule has 0 atom stereocenters. The molecule has 1 aromatic heterocycles. The summed E-state index contributed by atoms with van der Waals surface area (Å²) in [5.74, 6) is 0. The van der Waals surface area contributed by atoms with Crippen molar-refractivity contribution in [1.82, 2.24) is 4.98 Å².